The van der Waals surface area contributed by atoms with Gasteiger partial charge in [0.1, 0.15) is 0 Å². The van der Waals surface area contributed by atoms with E-state index in [4.69, 9.17) is 0 Å². The molecule has 0 amide bonds. The van der Waals surface area contributed by atoms with Crippen LogP contribution >= 0.6 is 11.3 Å². The third-order valence-corrected chi connectivity index (χ3v) is 3.32. The van der Waals surface area contributed by atoms with Crippen molar-refractivity contribution in [2.24, 2.45) is 0 Å². The number of hydrogen-bond acceptors (Lipinski definition) is 4. The lowest BCUT2D eigenvalue weighted by Gasteiger charge is -2.04. The topological polar surface area (TPSA) is 55.2 Å². The van der Waals surface area contributed by atoms with Gasteiger partial charge in [0.25, 0.3) is 5.69 Å². The van der Waals surface area contributed by atoms with E-state index in [0.29, 0.717) is 6.54 Å². The van der Waals surface area contributed by atoms with Gasteiger partial charge in [0.15, 0.2) is 0 Å². The molecule has 1 aromatic carbocycles. The number of nitrogens with one attached hydrogen (secondary N) is 1. The number of nitro groups is 1. The van der Waals surface area contributed by atoms with E-state index in [9.17, 15) is 10.1 Å². The fourth-order valence-electron chi connectivity index (χ4n) is 1.50. The zero-order valence-corrected chi connectivity index (χ0v) is 10.2. The molecule has 1 aromatic heterocycles. The Balaban J connectivity index is 2.04. The van der Waals surface area contributed by atoms with Crippen molar-refractivity contribution in [1.82, 2.24) is 0 Å². The highest BCUT2D eigenvalue weighted by Gasteiger charge is 2.05. The highest BCUT2D eigenvalue weighted by atomic mass is 32.1. The summed E-state index contributed by atoms with van der Waals surface area (Å²) in [6.07, 6.45) is 0. The number of nitro benzene ring substituents is 1. The molecule has 0 saturated carbocycles. The number of aryl methyl sites for hydroxylation is 1. The Morgan fingerprint density at radius 3 is 2.82 bits per heavy atom. The van der Waals surface area contributed by atoms with Gasteiger partial charge in [0.2, 0.25) is 0 Å². The molecular weight excluding hydrogens is 236 g/mol. The summed E-state index contributed by atoms with van der Waals surface area (Å²) in [6.45, 7) is 2.75. The van der Waals surface area contributed by atoms with Crippen LogP contribution in [0.1, 0.15) is 9.75 Å². The molecule has 1 N–H and O–H groups in total. The summed E-state index contributed by atoms with van der Waals surface area (Å²) in [5.41, 5.74) is 0.877. The number of hydrogen-bond donors (Lipinski definition) is 1. The number of nitrogens with zero attached hydrogens (tertiary/aromatic N) is 1. The first kappa shape index (κ1) is 11.6. The molecule has 0 aliphatic heterocycles. The molecule has 4 nitrogen and oxygen atoms in total. The molecule has 0 aliphatic carbocycles. The predicted molar refractivity (Wildman–Crippen MR) is 69.5 cm³/mol. The van der Waals surface area contributed by atoms with E-state index in [1.807, 2.05) is 6.07 Å². The van der Waals surface area contributed by atoms with Crippen LogP contribution in [0.2, 0.25) is 0 Å². The fourth-order valence-corrected chi connectivity index (χ4v) is 2.33. The van der Waals surface area contributed by atoms with Crippen LogP contribution in [-0.4, -0.2) is 4.92 Å². The first-order valence-corrected chi connectivity index (χ1v) is 6.00. The zero-order chi connectivity index (χ0) is 12.3. The van der Waals surface area contributed by atoms with Crippen molar-refractivity contribution >= 4 is 22.7 Å². The molecule has 0 radical (unpaired) electrons. The molecular formula is C12H12N2O2S. The van der Waals surface area contributed by atoms with Gasteiger partial charge in [0.05, 0.1) is 4.92 Å². The largest absolute Gasteiger partial charge is 0.380 e. The van der Waals surface area contributed by atoms with Crippen LogP contribution in [0.4, 0.5) is 11.4 Å². The average molecular weight is 248 g/mol. The van der Waals surface area contributed by atoms with Crippen molar-refractivity contribution in [1.29, 1.82) is 0 Å². The van der Waals surface area contributed by atoms with Gasteiger partial charge in [-0.1, -0.05) is 6.07 Å². The average Bonchev–Trinajstić information content (AvgIpc) is 2.73. The number of thiophene rings is 1. The van der Waals surface area contributed by atoms with E-state index in [1.165, 1.54) is 15.8 Å². The molecule has 0 fully saturated rings. The minimum absolute atomic E-state index is 0.109. The maximum atomic E-state index is 10.6. The van der Waals surface area contributed by atoms with E-state index >= 15 is 0 Å². The summed E-state index contributed by atoms with van der Waals surface area (Å²) in [5.74, 6) is 0. The van der Waals surface area contributed by atoms with Crippen molar-refractivity contribution in [3.8, 4) is 0 Å². The van der Waals surface area contributed by atoms with E-state index in [-0.39, 0.29) is 10.6 Å². The molecule has 88 valence electrons. The van der Waals surface area contributed by atoms with Gasteiger partial charge in [-0.3, -0.25) is 10.1 Å². The number of rotatable bonds is 4. The second-order valence-electron chi connectivity index (χ2n) is 3.67. The Morgan fingerprint density at radius 2 is 2.18 bits per heavy atom. The summed E-state index contributed by atoms with van der Waals surface area (Å²) in [5, 5.41) is 13.8. The third kappa shape index (κ3) is 3.04. The molecule has 0 unspecified atom stereocenters. The van der Waals surface area contributed by atoms with Crippen LogP contribution in [0.15, 0.2) is 36.4 Å². The summed E-state index contributed by atoms with van der Waals surface area (Å²) in [4.78, 5) is 12.7. The van der Waals surface area contributed by atoms with Crippen LogP contribution in [0.3, 0.4) is 0 Å². The number of anilines is 1. The molecule has 0 atom stereocenters. The smallest absolute Gasteiger partial charge is 0.271 e. The van der Waals surface area contributed by atoms with E-state index in [1.54, 1.807) is 23.5 Å². The Hall–Kier alpha value is -1.88. The lowest BCUT2D eigenvalue weighted by molar-refractivity contribution is -0.384. The summed E-state index contributed by atoms with van der Waals surface area (Å²) < 4.78 is 0. The van der Waals surface area contributed by atoms with Gasteiger partial charge in [-0.2, -0.15) is 0 Å². The Bertz CT molecular complexity index is 537. The van der Waals surface area contributed by atoms with Crippen LogP contribution in [-0.2, 0) is 6.54 Å². The molecule has 0 aliphatic rings. The Labute approximate surface area is 103 Å². The first-order chi connectivity index (χ1) is 8.15. The summed E-state index contributed by atoms with van der Waals surface area (Å²) in [7, 11) is 0. The normalized spacial score (nSPS) is 10.2. The number of non-ortho nitro benzene ring substituents is 1. The maximum absolute atomic E-state index is 10.6. The van der Waals surface area contributed by atoms with Gasteiger partial charge in [-0.05, 0) is 25.1 Å². The van der Waals surface area contributed by atoms with Gasteiger partial charge < -0.3 is 5.32 Å². The molecule has 1 heterocycles. The zero-order valence-electron chi connectivity index (χ0n) is 9.34. The lowest BCUT2D eigenvalue weighted by atomic mass is 10.3. The van der Waals surface area contributed by atoms with Gasteiger partial charge >= 0.3 is 0 Å². The van der Waals surface area contributed by atoms with Crippen LogP contribution in [0.5, 0.6) is 0 Å². The molecule has 5 heteroatoms. The quantitative estimate of drug-likeness (QED) is 0.664. The van der Waals surface area contributed by atoms with Crippen molar-refractivity contribution in [3.63, 3.8) is 0 Å². The molecule has 0 bridgehead atoms. The molecule has 0 saturated heterocycles. The molecule has 0 spiro atoms. The lowest BCUT2D eigenvalue weighted by Crippen LogP contribution is -1.98. The van der Waals surface area contributed by atoms with Crippen molar-refractivity contribution in [3.05, 3.63) is 56.3 Å². The minimum atomic E-state index is -0.388. The van der Waals surface area contributed by atoms with Crippen molar-refractivity contribution < 1.29 is 4.92 Å². The maximum Gasteiger partial charge on any atom is 0.271 e. The monoisotopic (exact) mass is 248 g/mol. The van der Waals surface area contributed by atoms with E-state index < -0.39 is 0 Å². The molecule has 2 aromatic rings. The summed E-state index contributed by atoms with van der Waals surface area (Å²) in [6, 6.07) is 10.7. The highest BCUT2D eigenvalue weighted by Crippen LogP contribution is 2.20. The van der Waals surface area contributed by atoms with Gasteiger partial charge in [0, 0.05) is 34.1 Å². The van der Waals surface area contributed by atoms with Crippen LogP contribution < -0.4 is 5.32 Å². The third-order valence-electron chi connectivity index (χ3n) is 2.32. The van der Waals surface area contributed by atoms with Crippen LogP contribution in [0, 0.1) is 17.0 Å². The molecule has 17 heavy (non-hydrogen) atoms. The minimum Gasteiger partial charge on any atom is -0.380 e. The van der Waals surface area contributed by atoms with Crippen LogP contribution in [0.25, 0.3) is 0 Å². The molecule has 2 rings (SSSR count). The first-order valence-electron chi connectivity index (χ1n) is 5.19. The predicted octanol–water partition coefficient (Wildman–Crippen LogP) is 3.58. The van der Waals surface area contributed by atoms with Crippen molar-refractivity contribution in [2.75, 3.05) is 5.32 Å². The second kappa shape index (κ2) is 4.97. The SMILES string of the molecule is Cc1ccc(CNc2cccc([N+](=O)[O-])c2)s1. The summed E-state index contributed by atoms with van der Waals surface area (Å²) >= 11 is 1.72. The fraction of sp³-hybridized carbons (Fsp3) is 0.167. The Morgan fingerprint density at radius 1 is 1.35 bits per heavy atom. The van der Waals surface area contributed by atoms with Gasteiger partial charge in [-0.15, -0.1) is 11.3 Å². The van der Waals surface area contributed by atoms with Crippen molar-refractivity contribution in [2.45, 2.75) is 13.5 Å². The standard InChI is InChI=1S/C12H12N2O2S/c1-9-5-6-12(17-9)8-13-10-3-2-4-11(7-10)14(15)16/h2-7,13H,8H2,1H3. The second-order valence-corrected chi connectivity index (χ2v) is 5.05. The van der Waals surface area contributed by atoms with Gasteiger partial charge in [-0.25, -0.2) is 0 Å². The van der Waals surface area contributed by atoms with E-state index in [2.05, 4.69) is 24.4 Å². The Kier molecular flexibility index (Phi) is 3.39. The van der Waals surface area contributed by atoms with E-state index in [0.717, 1.165) is 5.69 Å². The highest BCUT2D eigenvalue weighted by molar-refractivity contribution is 7.11. The number of benzene rings is 1.